The maximum absolute atomic E-state index is 11.4. The number of hydrogen-bond donors (Lipinski definition) is 1. The summed E-state index contributed by atoms with van der Waals surface area (Å²) in [4.78, 5) is 1.16. The van der Waals surface area contributed by atoms with E-state index in [1.54, 1.807) is 11.3 Å². The lowest BCUT2D eigenvalue weighted by molar-refractivity contribution is 0.549. The van der Waals surface area contributed by atoms with Gasteiger partial charge >= 0.3 is 0 Å². The van der Waals surface area contributed by atoms with Gasteiger partial charge in [0.15, 0.2) is 0 Å². The van der Waals surface area contributed by atoms with Crippen LogP contribution >= 0.6 is 27.3 Å². The molecule has 1 aromatic rings. The van der Waals surface area contributed by atoms with Gasteiger partial charge in [-0.05, 0) is 47.4 Å². The number of thiophene rings is 1. The second kappa shape index (κ2) is 6.31. The minimum atomic E-state index is -2.98. The fraction of sp³-hybridized carbons (Fsp3) is 0.636. The molecule has 0 saturated heterocycles. The smallest absolute Gasteiger partial charge is 0.149 e. The first-order valence-electron chi connectivity index (χ1n) is 5.50. The van der Waals surface area contributed by atoms with Crippen LogP contribution in [0.25, 0.3) is 0 Å². The molecule has 0 aliphatic heterocycles. The Morgan fingerprint density at radius 2 is 2.18 bits per heavy atom. The molecule has 6 heteroatoms. The van der Waals surface area contributed by atoms with Gasteiger partial charge in [0.1, 0.15) is 9.84 Å². The van der Waals surface area contributed by atoms with Crippen molar-refractivity contribution in [1.29, 1.82) is 0 Å². The first-order valence-corrected chi connectivity index (χ1v) is 9.17. The molecule has 1 atom stereocenters. The van der Waals surface area contributed by atoms with Crippen LogP contribution in [0.5, 0.6) is 0 Å². The quantitative estimate of drug-likeness (QED) is 0.866. The Labute approximate surface area is 116 Å². The van der Waals surface area contributed by atoms with Crippen molar-refractivity contribution in [3.05, 3.63) is 20.3 Å². The molecule has 0 radical (unpaired) electrons. The van der Waals surface area contributed by atoms with E-state index in [4.69, 9.17) is 0 Å². The Balaban J connectivity index is 2.93. The fourth-order valence-electron chi connectivity index (χ4n) is 1.68. The van der Waals surface area contributed by atoms with E-state index >= 15 is 0 Å². The third-order valence-corrected chi connectivity index (χ3v) is 4.92. The van der Waals surface area contributed by atoms with Crippen molar-refractivity contribution in [3.63, 3.8) is 0 Å². The normalized spacial score (nSPS) is 13.9. The predicted octanol–water partition coefficient (Wildman–Crippen LogP) is 2.90. The van der Waals surface area contributed by atoms with Crippen molar-refractivity contribution in [2.45, 2.75) is 26.3 Å². The van der Waals surface area contributed by atoms with Crippen LogP contribution in [0.2, 0.25) is 0 Å². The molecule has 1 aromatic heterocycles. The van der Waals surface area contributed by atoms with Gasteiger partial charge in [-0.2, -0.15) is 0 Å². The Hall–Kier alpha value is 0.0900. The maximum atomic E-state index is 11.4. The molecular weight excluding hydrogens is 322 g/mol. The summed E-state index contributed by atoms with van der Waals surface area (Å²) >= 11 is 5.08. The van der Waals surface area contributed by atoms with Crippen LogP contribution in [-0.2, 0) is 9.84 Å². The van der Waals surface area contributed by atoms with E-state index in [2.05, 4.69) is 28.2 Å². The van der Waals surface area contributed by atoms with E-state index in [1.165, 1.54) is 6.26 Å². The zero-order valence-electron chi connectivity index (χ0n) is 10.3. The monoisotopic (exact) mass is 339 g/mol. The van der Waals surface area contributed by atoms with Crippen molar-refractivity contribution >= 4 is 37.1 Å². The number of nitrogens with one attached hydrogen (secondary N) is 1. The van der Waals surface area contributed by atoms with Gasteiger partial charge in [-0.15, -0.1) is 11.3 Å². The molecule has 98 valence electrons. The third-order valence-electron chi connectivity index (χ3n) is 2.41. The van der Waals surface area contributed by atoms with Crippen molar-refractivity contribution in [3.8, 4) is 0 Å². The van der Waals surface area contributed by atoms with Crippen LogP contribution in [0.1, 0.15) is 29.8 Å². The molecule has 1 unspecified atom stereocenters. The number of halogens is 1. The lowest BCUT2D eigenvalue weighted by atomic mass is 10.1. The van der Waals surface area contributed by atoms with E-state index in [0.717, 1.165) is 27.2 Å². The number of sulfone groups is 1. The molecule has 1 N–H and O–H groups in total. The van der Waals surface area contributed by atoms with E-state index in [1.807, 2.05) is 13.0 Å². The van der Waals surface area contributed by atoms with Crippen LogP contribution in [0.15, 0.2) is 9.85 Å². The zero-order valence-corrected chi connectivity index (χ0v) is 13.5. The highest BCUT2D eigenvalue weighted by Gasteiger charge is 2.20. The zero-order chi connectivity index (χ0) is 13.1. The molecule has 0 aliphatic rings. The average molecular weight is 340 g/mol. The van der Waals surface area contributed by atoms with E-state index in [0.29, 0.717) is 0 Å². The summed E-state index contributed by atoms with van der Waals surface area (Å²) in [6.45, 7) is 4.92. The molecule has 1 rings (SSSR count). The summed E-state index contributed by atoms with van der Waals surface area (Å²) in [6.07, 6.45) is 2.27. The van der Waals surface area contributed by atoms with Crippen LogP contribution < -0.4 is 5.32 Å². The molecule has 0 bridgehead atoms. The summed E-state index contributed by atoms with van der Waals surface area (Å²) in [6, 6.07) is 1.91. The summed E-state index contributed by atoms with van der Waals surface area (Å²) < 4.78 is 23.9. The second-order valence-electron chi connectivity index (χ2n) is 4.16. The van der Waals surface area contributed by atoms with Gasteiger partial charge in [-0.25, -0.2) is 8.42 Å². The molecular formula is C11H18BrNO2S2. The highest BCUT2D eigenvalue weighted by molar-refractivity contribution is 9.11. The summed E-state index contributed by atoms with van der Waals surface area (Å²) in [7, 11) is -2.98. The van der Waals surface area contributed by atoms with Crippen LogP contribution in [0.3, 0.4) is 0 Å². The second-order valence-corrected chi connectivity index (χ2v) is 8.98. The van der Waals surface area contributed by atoms with Gasteiger partial charge in [0.25, 0.3) is 0 Å². The number of aryl methyl sites for hydroxylation is 1. The summed E-state index contributed by atoms with van der Waals surface area (Å²) in [5, 5.41) is 3.30. The minimum absolute atomic E-state index is 0.104. The van der Waals surface area contributed by atoms with Crippen LogP contribution in [0.4, 0.5) is 0 Å². The fourth-order valence-corrected chi connectivity index (χ4v) is 4.36. The maximum Gasteiger partial charge on any atom is 0.149 e. The Bertz CT molecular complexity index is 468. The first-order chi connectivity index (χ1) is 7.83. The van der Waals surface area contributed by atoms with Crippen molar-refractivity contribution in [2.75, 3.05) is 18.6 Å². The standard InChI is InChI=1S/C11H18BrNO2S2/c1-4-5-13-10(7-17(3,14)15)9-6-11(12)16-8(9)2/h6,10,13H,4-5,7H2,1-3H3. The number of rotatable bonds is 6. The summed E-state index contributed by atoms with van der Waals surface area (Å²) in [5.41, 5.74) is 1.08. The molecule has 0 aliphatic carbocycles. The average Bonchev–Trinajstić information content (AvgIpc) is 2.50. The molecule has 1 heterocycles. The topological polar surface area (TPSA) is 46.2 Å². The lowest BCUT2D eigenvalue weighted by Crippen LogP contribution is -2.28. The predicted molar refractivity (Wildman–Crippen MR) is 77.5 cm³/mol. The largest absolute Gasteiger partial charge is 0.309 e. The molecule has 3 nitrogen and oxygen atoms in total. The minimum Gasteiger partial charge on any atom is -0.309 e. The Morgan fingerprint density at radius 3 is 2.59 bits per heavy atom. The SMILES string of the molecule is CCCNC(CS(C)(=O)=O)c1cc(Br)sc1C. The lowest BCUT2D eigenvalue weighted by Gasteiger charge is -2.17. The molecule has 0 spiro atoms. The van der Waals surface area contributed by atoms with Crippen LogP contribution in [-0.4, -0.2) is 27.0 Å². The van der Waals surface area contributed by atoms with E-state index in [9.17, 15) is 8.42 Å². The van der Waals surface area contributed by atoms with Gasteiger partial charge in [0, 0.05) is 17.2 Å². The van der Waals surface area contributed by atoms with Crippen molar-refractivity contribution in [1.82, 2.24) is 5.32 Å². The van der Waals surface area contributed by atoms with E-state index in [-0.39, 0.29) is 11.8 Å². The highest BCUT2D eigenvalue weighted by atomic mass is 79.9. The van der Waals surface area contributed by atoms with Crippen LogP contribution in [0, 0.1) is 6.92 Å². The molecule has 0 fully saturated rings. The van der Waals surface area contributed by atoms with Gasteiger partial charge < -0.3 is 5.32 Å². The Morgan fingerprint density at radius 1 is 1.53 bits per heavy atom. The third kappa shape index (κ3) is 5.07. The highest BCUT2D eigenvalue weighted by Crippen LogP contribution is 2.31. The van der Waals surface area contributed by atoms with Crippen molar-refractivity contribution in [2.24, 2.45) is 0 Å². The molecule has 0 aromatic carbocycles. The molecule has 17 heavy (non-hydrogen) atoms. The van der Waals surface area contributed by atoms with Gasteiger partial charge in [-0.1, -0.05) is 6.92 Å². The molecule has 0 saturated carbocycles. The van der Waals surface area contributed by atoms with Crippen molar-refractivity contribution < 1.29 is 8.42 Å². The van der Waals surface area contributed by atoms with E-state index < -0.39 is 9.84 Å². The van der Waals surface area contributed by atoms with Gasteiger partial charge in [-0.3, -0.25) is 0 Å². The Kier molecular flexibility index (Phi) is 5.63. The van der Waals surface area contributed by atoms with Gasteiger partial charge in [0.2, 0.25) is 0 Å². The van der Waals surface area contributed by atoms with Gasteiger partial charge in [0.05, 0.1) is 9.54 Å². The first kappa shape index (κ1) is 15.1. The number of hydrogen-bond acceptors (Lipinski definition) is 4. The molecule has 0 amide bonds. The summed E-state index contributed by atoms with van der Waals surface area (Å²) in [5.74, 6) is 0.150.